The highest BCUT2D eigenvalue weighted by Gasteiger charge is 2.19. The molecule has 0 amide bonds. The predicted molar refractivity (Wildman–Crippen MR) is 217 cm³/mol. The van der Waals surface area contributed by atoms with Crippen molar-refractivity contribution in [3.05, 3.63) is 164 Å². The van der Waals surface area contributed by atoms with Crippen molar-refractivity contribution in [1.29, 1.82) is 0 Å². The van der Waals surface area contributed by atoms with Gasteiger partial charge < -0.3 is 4.42 Å². The van der Waals surface area contributed by atoms with E-state index in [1.54, 1.807) is 0 Å². The van der Waals surface area contributed by atoms with E-state index in [1.165, 1.54) is 47.3 Å². The first-order valence-corrected chi connectivity index (χ1v) is 18.2. The lowest BCUT2D eigenvalue weighted by atomic mass is 9.99. The minimum Gasteiger partial charge on any atom is -0.456 e. The maximum atomic E-state index is 6.56. The molecule has 0 saturated heterocycles. The highest BCUT2D eigenvalue weighted by Crippen LogP contribution is 2.40. The summed E-state index contributed by atoms with van der Waals surface area (Å²) in [6.45, 7) is 0. The van der Waals surface area contributed by atoms with Crippen molar-refractivity contribution in [2.75, 3.05) is 0 Å². The van der Waals surface area contributed by atoms with Gasteiger partial charge in [0, 0.05) is 47.6 Å². The highest BCUT2D eigenvalue weighted by molar-refractivity contribution is 7.25. The molecule has 242 valence electrons. The van der Waals surface area contributed by atoms with Gasteiger partial charge in [0.1, 0.15) is 11.2 Å². The Morgan fingerprint density at radius 2 is 1.02 bits per heavy atom. The second kappa shape index (κ2) is 11.4. The van der Waals surface area contributed by atoms with E-state index in [9.17, 15) is 0 Å². The van der Waals surface area contributed by atoms with E-state index in [2.05, 4.69) is 121 Å². The molecule has 4 nitrogen and oxygen atoms in total. The summed E-state index contributed by atoms with van der Waals surface area (Å²) in [5, 5.41) is 9.37. The Labute approximate surface area is 302 Å². The van der Waals surface area contributed by atoms with Crippen LogP contribution in [0.3, 0.4) is 0 Å². The summed E-state index contributed by atoms with van der Waals surface area (Å²) in [5.74, 6) is 1.86. The molecular formula is C47H27N3OS. The first-order valence-electron chi connectivity index (χ1n) is 17.3. The summed E-state index contributed by atoms with van der Waals surface area (Å²) in [4.78, 5) is 15.3. The van der Waals surface area contributed by atoms with E-state index in [1.807, 2.05) is 53.8 Å². The third-order valence-electron chi connectivity index (χ3n) is 10.1. The molecule has 11 aromatic rings. The van der Waals surface area contributed by atoms with E-state index >= 15 is 0 Å². The van der Waals surface area contributed by atoms with Crippen LogP contribution in [0.1, 0.15) is 0 Å². The number of hydrogen-bond acceptors (Lipinski definition) is 5. The summed E-state index contributed by atoms with van der Waals surface area (Å²) in [6.07, 6.45) is 0. The molecule has 0 radical (unpaired) electrons. The zero-order valence-corrected chi connectivity index (χ0v) is 28.6. The molecule has 52 heavy (non-hydrogen) atoms. The van der Waals surface area contributed by atoms with Crippen LogP contribution in [0.15, 0.2) is 168 Å². The lowest BCUT2D eigenvalue weighted by Gasteiger charge is -2.10. The van der Waals surface area contributed by atoms with E-state index in [4.69, 9.17) is 19.4 Å². The van der Waals surface area contributed by atoms with E-state index in [0.717, 1.165) is 44.2 Å². The number of rotatable bonds is 4. The van der Waals surface area contributed by atoms with Crippen LogP contribution >= 0.6 is 11.3 Å². The van der Waals surface area contributed by atoms with Crippen LogP contribution in [0, 0.1) is 0 Å². The Morgan fingerprint density at radius 3 is 1.90 bits per heavy atom. The fraction of sp³-hybridized carbons (Fsp3) is 0. The average molecular weight is 682 g/mol. The van der Waals surface area contributed by atoms with Gasteiger partial charge in [-0.15, -0.1) is 11.3 Å². The van der Waals surface area contributed by atoms with Gasteiger partial charge in [0.15, 0.2) is 17.5 Å². The number of aromatic nitrogens is 3. The number of furan rings is 1. The Bertz CT molecular complexity index is 3200. The van der Waals surface area contributed by atoms with Gasteiger partial charge in [0.2, 0.25) is 0 Å². The first-order chi connectivity index (χ1) is 25.7. The molecule has 3 aromatic heterocycles. The molecule has 0 N–H and O–H groups in total. The summed E-state index contributed by atoms with van der Waals surface area (Å²) in [6, 6.07) is 57.4. The average Bonchev–Trinajstić information content (AvgIpc) is 3.78. The highest BCUT2D eigenvalue weighted by atomic mass is 32.1. The smallest absolute Gasteiger partial charge is 0.164 e. The van der Waals surface area contributed by atoms with Crippen LogP contribution in [0.2, 0.25) is 0 Å². The molecule has 8 aromatic carbocycles. The fourth-order valence-corrected chi connectivity index (χ4v) is 8.73. The molecular weight excluding hydrogens is 655 g/mol. The summed E-state index contributed by atoms with van der Waals surface area (Å²) < 4.78 is 9.15. The predicted octanol–water partition coefficient (Wildman–Crippen LogP) is 13.1. The Kier molecular flexibility index (Phi) is 6.39. The van der Waals surface area contributed by atoms with Gasteiger partial charge in [-0.3, -0.25) is 0 Å². The summed E-state index contributed by atoms with van der Waals surface area (Å²) >= 11 is 1.83. The molecule has 0 saturated carbocycles. The monoisotopic (exact) mass is 681 g/mol. The molecule has 0 aliphatic rings. The van der Waals surface area contributed by atoms with Crippen molar-refractivity contribution in [3.63, 3.8) is 0 Å². The van der Waals surface area contributed by atoms with Crippen molar-refractivity contribution in [2.24, 2.45) is 0 Å². The lowest BCUT2D eigenvalue weighted by molar-refractivity contribution is 0.669. The van der Waals surface area contributed by atoms with Crippen molar-refractivity contribution < 1.29 is 4.42 Å². The number of nitrogens with zero attached hydrogens (tertiary/aromatic N) is 3. The van der Waals surface area contributed by atoms with Gasteiger partial charge in [-0.1, -0.05) is 127 Å². The lowest BCUT2D eigenvalue weighted by Crippen LogP contribution is -2.00. The minimum absolute atomic E-state index is 0.606. The van der Waals surface area contributed by atoms with Gasteiger partial charge in [0.05, 0.1) is 0 Å². The number of thiophene rings is 1. The second-order valence-corrected chi connectivity index (χ2v) is 14.3. The van der Waals surface area contributed by atoms with Gasteiger partial charge in [-0.25, -0.2) is 15.0 Å². The van der Waals surface area contributed by atoms with Crippen molar-refractivity contribution in [2.45, 2.75) is 0 Å². The van der Waals surface area contributed by atoms with Crippen LogP contribution in [-0.4, -0.2) is 15.0 Å². The quantitative estimate of drug-likeness (QED) is 0.174. The van der Waals surface area contributed by atoms with Crippen molar-refractivity contribution in [3.8, 4) is 45.3 Å². The van der Waals surface area contributed by atoms with Crippen LogP contribution in [0.5, 0.6) is 0 Å². The molecule has 11 rings (SSSR count). The first kappa shape index (κ1) is 29.1. The Morgan fingerprint density at radius 1 is 0.365 bits per heavy atom. The third-order valence-corrected chi connectivity index (χ3v) is 11.3. The number of hydrogen-bond donors (Lipinski definition) is 0. The second-order valence-electron chi connectivity index (χ2n) is 13.2. The largest absolute Gasteiger partial charge is 0.456 e. The van der Waals surface area contributed by atoms with Crippen LogP contribution in [-0.2, 0) is 0 Å². The molecule has 0 atom stereocenters. The fourth-order valence-electron chi connectivity index (χ4n) is 7.58. The molecule has 0 spiro atoms. The third kappa shape index (κ3) is 4.64. The number of benzene rings is 8. The molecule has 0 aliphatic heterocycles. The Balaban J connectivity index is 1.08. The minimum atomic E-state index is 0.606. The molecule has 0 bridgehead atoms. The Hall–Kier alpha value is -6.69. The molecule has 0 fully saturated rings. The summed E-state index contributed by atoms with van der Waals surface area (Å²) in [5.41, 5.74) is 6.69. The van der Waals surface area contributed by atoms with E-state index in [0.29, 0.717) is 17.5 Å². The maximum Gasteiger partial charge on any atom is 0.164 e. The van der Waals surface area contributed by atoms with Crippen molar-refractivity contribution in [1.82, 2.24) is 15.0 Å². The maximum absolute atomic E-state index is 6.56. The van der Waals surface area contributed by atoms with Crippen LogP contribution < -0.4 is 0 Å². The molecule has 3 heterocycles. The van der Waals surface area contributed by atoms with Crippen LogP contribution in [0.4, 0.5) is 0 Å². The molecule has 5 heteroatoms. The SMILES string of the molecule is c1ccc(-c2nc(-c3ccc4ccc5ccccc5c4c3)nc(-c3cccc4oc5cc(-c6ccc7c(c6)sc6ccccc67)ccc5c34)n2)cc1. The normalized spacial score (nSPS) is 11.8. The topological polar surface area (TPSA) is 51.8 Å². The van der Waals surface area contributed by atoms with E-state index < -0.39 is 0 Å². The van der Waals surface area contributed by atoms with Gasteiger partial charge >= 0.3 is 0 Å². The number of fused-ring (bicyclic) bond motifs is 9. The van der Waals surface area contributed by atoms with Crippen LogP contribution in [0.25, 0.3) is 109 Å². The molecule has 0 unspecified atom stereocenters. The summed E-state index contributed by atoms with van der Waals surface area (Å²) in [7, 11) is 0. The van der Waals surface area contributed by atoms with E-state index in [-0.39, 0.29) is 0 Å². The van der Waals surface area contributed by atoms with Gasteiger partial charge in [0.25, 0.3) is 0 Å². The molecule has 0 aliphatic carbocycles. The van der Waals surface area contributed by atoms with Gasteiger partial charge in [-0.05, 0) is 69.1 Å². The van der Waals surface area contributed by atoms with Crippen molar-refractivity contribution >= 4 is 75.0 Å². The zero-order valence-electron chi connectivity index (χ0n) is 27.7. The standard InChI is InChI=1S/C47H27N3OS/c1-2-10-30(11-3-1)45-48-46(33-20-19-29-18-17-28-9-4-5-12-34(28)39(29)25-33)50-47(49-45)38-14-8-15-40-44(38)37-24-22-31(26-41(37)51-40)32-21-23-36-35-13-6-7-16-42(35)52-43(36)27-32/h1-27H. The van der Waals surface area contributed by atoms with Gasteiger partial charge in [-0.2, -0.15) is 0 Å². The zero-order chi connectivity index (χ0) is 34.2.